The lowest BCUT2D eigenvalue weighted by atomic mass is 9.88. The van der Waals surface area contributed by atoms with E-state index < -0.39 is 0 Å². The van der Waals surface area contributed by atoms with E-state index in [-0.39, 0.29) is 0 Å². The van der Waals surface area contributed by atoms with E-state index in [1.165, 1.54) is 50.2 Å². The Labute approximate surface area is 186 Å². The van der Waals surface area contributed by atoms with Gasteiger partial charge < -0.3 is 0 Å². The highest BCUT2D eigenvalue weighted by atomic mass is 31.1. The number of hydrogen-bond acceptors (Lipinski definition) is 3. The molecule has 1 aliphatic heterocycles. The van der Waals surface area contributed by atoms with E-state index in [9.17, 15) is 0 Å². The molecule has 0 fully saturated rings. The molecular weight excluding hydrogens is 416 g/mol. The maximum Gasteiger partial charge on any atom is 0.0356 e. The zero-order valence-electron chi connectivity index (χ0n) is 17.7. The summed E-state index contributed by atoms with van der Waals surface area (Å²) in [6.45, 7) is 5.00. The van der Waals surface area contributed by atoms with Gasteiger partial charge in [-0.2, -0.15) is 0 Å². The quantitative estimate of drug-likeness (QED) is 0.311. The Morgan fingerprint density at radius 3 is 1.71 bits per heavy atom. The average Bonchev–Trinajstić information content (AvgIpc) is 2.99. The van der Waals surface area contributed by atoms with Gasteiger partial charge in [-0.1, -0.05) is 61.9 Å². The van der Waals surface area contributed by atoms with Crippen LogP contribution in [0.25, 0.3) is 32.7 Å². The first-order chi connectivity index (χ1) is 15.2. The number of hydrogen-bond donors (Lipinski definition) is 2. The third-order valence-corrected chi connectivity index (χ3v) is 7.63. The van der Waals surface area contributed by atoms with Crippen LogP contribution in [0.1, 0.15) is 30.9 Å². The smallest absolute Gasteiger partial charge is 0.0356 e. The summed E-state index contributed by atoms with van der Waals surface area (Å²) in [5.74, 6) is 0. The van der Waals surface area contributed by atoms with Crippen LogP contribution < -0.4 is 10.6 Å². The fourth-order valence-electron chi connectivity index (χ4n) is 4.88. The highest BCUT2D eigenvalue weighted by Crippen LogP contribution is 2.42. The maximum absolute atomic E-state index is 8.28. The van der Waals surface area contributed by atoms with Crippen molar-refractivity contribution in [3.05, 3.63) is 71.8 Å². The second kappa shape index (κ2) is 8.60. The van der Waals surface area contributed by atoms with Gasteiger partial charge >= 0.3 is 0 Å². The molecule has 0 unspecified atom stereocenters. The van der Waals surface area contributed by atoms with Crippen LogP contribution in [0.2, 0.25) is 0 Å². The zero-order chi connectivity index (χ0) is 21.4. The van der Waals surface area contributed by atoms with Crippen molar-refractivity contribution in [2.75, 3.05) is 6.54 Å². The van der Waals surface area contributed by atoms with Crippen LogP contribution >= 0.6 is 16.7 Å². The van der Waals surface area contributed by atoms with E-state index in [1.807, 2.05) is 0 Å². The lowest BCUT2D eigenvalue weighted by Gasteiger charge is -2.22. The molecule has 1 heterocycles. The van der Waals surface area contributed by atoms with E-state index >= 15 is 0 Å². The van der Waals surface area contributed by atoms with Crippen LogP contribution in [0.5, 0.6) is 0 Å². The molecule has 5 heteroatoms. The molecule has 0 aromatic heterocycles. The minimum absolute atomic E-state index is 0.563. The van der Waals surface area contributed by atoms with Gasteiger partial charge in [0.1, 0.15) is 0 Å². The number of unbranched alkanes of at least 4 members (excludes halogenated alkanes) is 1. The Bertz CT molecular complexity index is 1230. The van der Waals surface area contributed by atoms with Gasteiger partial charge in [0.05, 0.1) is 0 Å². The van der Waals surface area contributed by atoms with Gasteiger partial charge in [-0.15, -0.1) is 0 Å². The van der Waals surface area contributed by atoms with Crippen LogP contribution in [0.3, 0.4) is 0 Å². The predicted molar refractivity (Wildman–Crippen MR) is 134 cm³/mol. The summed E-state index contributed by atoms with van der Waals surface area (Å²) >= 11 is 0. The molecule has 4 aromatic rings. The first-order valence-electron chi connectivity index (χ1n) is 10.8. The van der Waals surface area contributed by atoms with Gasteiger partial charge in [-0.05, 0) is 68.9 Å². The summed E-state index contributed by atoms with van der Waals surface area (Å²) in [4.78, 5) is 2.53. The zero-order valence-corrected chi connectivity index (χ0v) is 19.4. The van der Waals surface area contributed by atoms with Crippen molar-refractivity contribution in [3.63, 3.8) is 0 Å². The van der Waals surface area contributed by atoms with E-state index in [1.54, 1.807) is 0 Å². The Hall–Kier alpha value is -2.44. The van der Waals surface area contributed by atoms with Crippen LogP contribution in [0.15, 0.2) is 60.7 Å². The number of benzene rings is 4. The Morgan fingerprint density at radius 1 is 0.774 bits per heavy atom. The van der Waals surface area contributed by atoms with Gasteiger partial charge in [-0.25, -0.2) is 0 Å². The predicted octanol–water partition coefficient (Wildman–Crippen LogP) is 7.44. The van der Waals surface area contributed by atoms with Crippen molar-refractivity contribution < 1.29 is 0 Å². The van der Waals surface area contributed by atoms with Gasteiger partial charge in [0, 0.05) is 40.4 Å². The molecule has 2 N–H and O–H groups in total. The Kier molecular flexibility index (Phi) is 5.67. The summed E-state index contributed by atoms with van der Waals surface area (Å²) in [6.07, 6.45) is 2.33. The summed E-state index contributed by atoms with van der Waals surface area (Å²) in [5, 5.41) is 23.7. The van der Waals surface area contributed by atoms with Gasteiger partial charge in [0.15, 0.2) is 0 Å². The molecule has 0 aliphatic carbocycles. The van der Waals surface area contributed by atoms with Gasteiger partial charge in [0.2, 0.25) is 0 Å². The van der Waals surface area contributed by atoms with E-state index in [0.29, 0.717) is 16.7 Å². The van der Waals surface area contributed by atoms with E-state index in [2.05, 4.69) is 72.5 Å². The van der Waals surface area contributed by atoms with Crippen molar-refractivity contribution in [1.82, 2.24) is 4.90 Å². The third-order valence-electron chi connectivity index (χ3n) is 6.35. The number of nitrogens with one attached hydrogen (secondary N) is 2. The second-order valence-corrected chi connectivity index (χ2v) is 9.64. The molecular formula is C26H25N3P2. The molecule has 1 aliphatic rings. The molecule has 31 heavy (non-hydrogen) atoms. The van der Waals surface area contributed by atoms with Crippen molar-refractivity contribution in [2.24, 2.45) is 0 Å². The molecule has 0 spiro atoms. The minimum Gasteiger partial charge on any atom is -0.295 e. The molecule has 5 rings (SSSR count). The van der Waals surface area contributed by atoms with Crippen LogP contribution in [-0.2, 0) is 13.1 Å². The van der Waals surface area contributed by atoms with Crippen LogP contribution in [0.4, 0.5) is 0 Å². The van der Waals surface area contributed by atoms with Gasteiger partial charge in [0.25, 0.3) is 0 Å². The van der Waals surface area contributed by atoms with Crippen molar-refractivity contribution in [3.8, 4) is 11.1 Å². The molecule has 0 saturated heterocycles. The summed E-state index contributed by atoms with van der Waals surface area (Å²) in [7, 11) is 1.13. The SMILES string of the molecule is CCCCN1Cc2c(P=N)cc3ccccc3c2-c2c(c(P=N)cc3ccccc23)C1. The monoisotopic (exact) mass is 441 g/mol. The van der Waals surface area contributed by atoms with Crippen molar-refractivity contribution in [1.29, 1.82) is 10.3 Å². The maximum atomic E-state index is 8.28. The number of fused-ring (bicyclic) bond motifs is 7. The Morgan fingerprint density at radius 2 is 1.26 bits per heavy atom. The highest BCUT2D eigenvalue weighted by molar-refractivity contribution is 7.35. The lowest BCUT2D eigenvalue weighted by molar-refractivity contribution is 0.257. The molecule has 3 nitrogen and oxygen atoms in total. The molecule has 4 aromatic carbocycles. The molecule has 0 amide bonds. The molecule has 0 bridgehead atoms. The van der Waals surface area contributed by atoms with Crippen molar-refractivity contribution in [2.45, 2.75) is 32.9 Å². The van der Waals surface area contributed by atoms with Crippen LogP contribution in [0, 0.1) is 10.3 Å². The third kappa shape index (κ3) is 3.52. The number of nitrogens with zero attached hydrogens (tertiary/aromatic N) is 1. The largest absolute Gasteiger partial charge is 0.295 e. The normalized spacial score (nSPS) is 14.1. The van der Waals surface area contributed by atoms with Crippen LogP contribution in [-0.4, -0.2) is 11.4 Å². The van der Waals surface area contributed by atoms with E-state index in [0.717, 1.165) is 36.7 Å². The molecule has 0 atom stereocenters. The highest BCUT2D eigenvalue weighted by Gasteiger charge is 2.27. The van der Waals surface area contributed by atoms with Gasteiger partial charge in [-0.3, -0.25) is 15.2 Å². The Balaban J connectivity index is 1.96. The first kappa shape index (κ1) is 20.5. The van der Waals surface area contributed by atoms with E-state index in [4.69, 9.17) is 10.3 Å². The average molecular weight is 441 g/mol. The minimum atomic E-state index is 0.563. The molecule has 0 radical (unpaired) electrons. The molecule has 154 valence electrons. The first-order valence-corrected chi connectivity index (χ1v) is 12.6. The summed E-state index contributed by atoms with van der Waals surface area (Å²) in [5.41, 5.74) is 5.13. The standard InChI is InChI=1S/C26H25N3P2/c1-2-3-12-29-15-21-23(30-27)13-17-8-4-6-10-19(17)25(21)26-20-11-7-5-9-18(20)14-24(31-28)22(26)16-29/h4-11,13-14,27-28H,2-3,12,15-16H2,1H3. The molecule has 0 saturated carbocycles. The summed E-state index contributed by atoms with van der Waals surface area (Å²) in [6, 6.07) is 21.6. The number of rotatable bonds is 5. The fourth-order valence-corrected chi connectivity index (χ4v) is 5.93. The van der Waals surface area contributed by atoms with Crippen molar-refractivity contribution >= 4 is 48.9 Å². The fraction of sp³-hybridized carbons (Fsp3) is 0.231. The topological polar surface area (TPSA) is 50.9 Å². The lowest BCUT2D eigenvalue weighted by Crippen LogP contribution is -2.26. The summed E-state index contributed by atoms with van der Waals surface area (Å²) < 4.78 is 0. The second-order valence-electron chi connectivity index (χ2n) is 8.23.